The monoisotopic (exact) mass is 414 g/mol. The van der Waals surface area contributed by atoms with Gasteiger partial charge in [-0.15, -0.1) is 0 Å². The standard InChI is InChI=1S/C23H27FN2O4/c1-3-29-22(28)23(8-5-9-26(14-23)21(27)19-10-15(19)2)13-18-12-20(25-30-18)16-6-4-7-17(24)11-16/h4,6-7,11-12,15,19H,3,5,8-10,13-14H2,1-2H3/t15-,19-,23+/m1/s1. The van der Waals surface area contributed by atoms with Crippen molar-refractivity contribution in [1.29, 1.82) is 0 Å². The van der Waals surface area contributed by atoms with Gasteiger partial charge in [0.25, 0.3) is 0 Å². The van der Waals surface area contributed by atoms with Crippen LogP contribution in [-0.4, -0.2) is 41.6 Å². The third-order valence-corrected chi connectivity index (χ3v) is 6.22. The van der Waals surface area contributed by atoms with Gasteiger partial charge in [-0.25, -0.2) is 4.39 Å². The van der Waals surface area contributed by atoms with Crippen molar-refractivity contribution < 1.29 is 23.2 Å². The van der Waals surface area contributed by atoms with Crippen LogP contribution in [0.3, 0.4) is 0 Å². The average molecular weight is 414 g/mol. The number of ether oxygens (including phenoxy) is 1. The van der Waals surface area contributed by atoms with Crippen molar-refractivity contribution in [3.05, 3.63) is 41.9 Å². The number of carbonyl (C=O) groups excluding carboxylic acids is 2. The second-order valence-electron chi connectivity index (χ2n) is 8.55. The first-order valence-electron chi connectivity index (χ1n) is 10.6. The van der Waals surface area contributed by atoms with Crippen molar-refractivity contribution in [2.45, 2.75) is 39.5 Å². The highest BCUT2D eigenvalue weighted by molar-refractivity contribution is 5.84. The summed E-state index contributed by atoms with van der Waals surface area (Å²) in [7, 11) is 0. The Morgan fingerprint density at radius 2 is 2.17 bits per heavy atom. The predicted octanol–water partition coefficient (Wildman–Crippen LogP) is 3.85. The van der Waals surface area contributed by atoms with E-state index in [4.69, 9.17) is 9.26 Å². The van der Waals surface area contributed by atoms with Gasteiger partial charge in [-0.3, -0.25) is 9.59 Å². The molecule has 2 heterocycles. The van der Waals surface area contributed by atoms with Crippen LogP contribution in [0.1, 0.15) is 38.9 Å². The highest BCUT2D eigenvalue weighted by Gasteiger charge is 2.49. The van der Waals surface area contributed by atoms with Gasteiger partial charge in [0, 0.05) is 37.1 Å². The highest BCUT2D eigenvalue weighted by Crippen LogP contribution is 2.42. The van der Waals surface area contributed by atoms with Crippen molar-refractivity contribution in [2.24, 2.45) is 17.3 Å². The van der Waals surface area contributed by atoms with Gasteiger partial charge in [0.2, 0.25) is 5.91 Å². The first kappa shape index (κ1) is 20.6. The van der Waals surface area contributed by atoms with Gasteiger partial charge in [-0.05, 0) is 44.2 Å². The number of likely N-dealkylation sites (tertiary alicyclic amines) is 1. The molecular weight excluding hydrogens is 387 g/mol. The Morgan fingerprint density at radius 3 is 2.87 bits per heavy atom. The summed E-state index contributed by atoms with van der Waals surface area (Å²) in [6.45, 7) is 5.12. The van der Waals surface area contributed by atoms with Gasteiger partial charge < -0.3 is 14.2 Å². The number of esters is 1. The maximum Gasteiger partial charge on any atom is 0.314 e. The van der Waals surface area contributed by atoms with E-state index in [1.165, 1.54) is 12.1 Å². The summed E-state index contributed by atoms with van der Waals surface area (Å²) in [5, 5.41) is 4.06. The van der Waals surface area contributed by atoms with Gasteiger partial charge in [0.1, 0.15) is 17.3 Å². The van der Waals surface area contributed by atoms with Crippen molar-refractivity contribution >= 4 is 11.9 Å². The van der Waals surface area contributed by atoms with Crippen LogP contribution in [0.15, 0.2) is 34.9 Å². The van der Waals surface area contributed by atoms with E-state index in [-0.39, 0.29) is 36.6 Å². The molecule has 1 saturated carbocycles. The number of carbonyl (C=O) groups is 2. The van der Waals surface area contributed by atoms with Crippen LogP contribution in [0.2, 0.25) is 0 Å². The Hall–Kier alpha value is -2.70. The molecule has 2 aliphatic rings. The molecule has 0 radical (unpaired) electrons. The number of benzene rings is 1. The molecule has 7 heteroatoms. The fourth-order valence-electron chi connectivity index (χ4n) is 4.40. The van der Waals surface area contributed by atoms with E-state index < -0.39 is 5.41 Å². The molecule has 0 unspecified atom stereocenters. The van der Waals surface area contributed by atoms with Crippen LogP contribution in [0, 0.1) is 23.1 Å². The maximum atomic E-state index is 13.5. The molecule has 6 nitrogen and oxygen atoms in total. The predicted molar refractivity (Wildman–Crippen MR) is 108 cm³/mol. The molecule has 1 amide bonds. The van der Waals surface area contributed by atoms with E-state index in [1.54, 1.807) is 25.1 Å². The summed E-state index contributed by atoms with van der Waals surface area (Å²) >= 11 is 0. The molecule has 1 aromatic carbocycles. The first-order valence-corrected chi connectivity index (χ1v) is 10.6. The normalized spacial score (nSPS) is 25.8. The largest absolute Gasteiger partial charge is 0.466 e. The summed E-state index contributed by atoms with van der Waals surface area (Å²) in [5.41, 5.74) is 0.262. The lowest BCUT2D eigenvalue weighted by atomic mass is 9.76. The summed E-state index contributed by atoms with van der Waals surface area (Å²) in [5.74, 6) is 0.489. The fourth-order valence-corrected chi connectivity index (χ4v) is 4.40. The number of halogens is 1. The van der Waals surface area contributed by atoms with Crippen LogP contribution in [-0.2, 0) is 20.7 Å². The van der Waals surface area contributed by atoms with Crippen LogP contribution < -0.4 is 0 Å². The zero-order valence-electron chi connectivity index (χ0n) is 17.4. The first-order chi connectivity index (χ1) is 14.4. The molecule has 1 aliphatic carbocycles. The molecule has 0 spiro atoms. The average Bonchev–Trinajstić information content (AvgIpc) is 3.28. The van der Waals surface area contributed by atoms with Crippen molar-refractivity contribution in [3.63, 3.8) is 0 Å². The minimum absolute atomic E-state index is 0.0767. The third kappa shape index (κ3) is 4.11. The van der Waals surface area contributed by atoms with Crippen molar-refractivity contribution in [3.8, 4) is 11.3 Å². The Bertz CT molecular complexity index is 943. The summed E-state index contributed by atoms with van der Waals surface area (Å²) in [4.78, 5) is 27.6. The number of rotatable bonds is 6. The summed E-state index contributed by atoms with van der Waals surface area (Å²) in [6.07, 6.45) is 2.56. The van der Waals surface area contributed by atoms with Crippen molar-refractivity contribution in [1.82, 2.24) is 10.1 Å². The van der Waals surface area contributed by atoms with E-state index in [1.807, 2.05) is 4.90 Å². The molecule has 2 aromatic rings. The lowest BCUT2D eigenvalue weighted by Gasteiger charge is -2.40. The highest BCUT2D eigenvalue weighted by atomic mass is 19.1. The Labute approximate surface area is 175 Å². The Balaban J connectivity index is 1.57. The van der Waals surface area contributed by atoms with Gasteiger partial charge in [-0.1, -0.05) is 24.2 Å². The zero-order chi connectivity index (χ0) is 21.3. The molecule has 3 atom stereocenters. The number of hydrogen-bond donors (Lipinski definition) is 0. The number of piperidine rings is 1. The minimum Gasteiger partial charge on any atom is -0.466 e. The second kappa shape index (κ2) is 8.20. The Morgan fingerprint density at radius 1 is 1.37 bits per heavy atom. The Kier molecular flexibility index (Phi) is 5.62. The minimum atomic E-state index is -0.860. The van der Waals surface area contributed by atoms with Gasteiger partial charge in [-0.2, -0.15) is 0 Å². The molecule has 4 rings (SSSR count). The smallest absolute Gasteiger partial charge is 0.314 e. The molecular formula is C23H27FN2O4. The van der Waals surface area contributed by atoms with Gasteiger partial charge >= 0.3 is 5.97 Å². The topological polar surface area (TPSA) is 72.6 Å². The molecule has 30 heavy (non-hydrogen) atoms. The summed E-state index contributed by atoms with van der Waals surface area (Å²) in [6, 6.07) is 7.86. The second-order valence-corrected chi connectivity index (χ2v) is 8.55. The lowest BCUT2D eigenvalue weighted by molar-refractivity contribution is -0.161. The molecule has 0 bridgehead atoms. The molecule has 0 N–H and O–H groups in total. The van der Waals surface area contributed by atoms with E-state index in [2.05, 4.69) is 12.1 Å². The van der Waals surface area contributed by atoms with E-state index in [9.17, 15) is 14.0 Å². The third-order valence-electron chi connectivity index (χ3n) is 6.22. The van der Waals surface area contributed by atoms with Crippen LogP contribution in [0.25, 0.3) is 11.3 Å². The van der Waals surface area contributed by atoms with Crippen LogP contribution in [0.4, 0.5) is 4.39 Å². The fraction of sp³-hybridized carbons (Fsp3) is 0.522. The van der Waals surface area contributed by atoms with E-state index in [0.717, 1.165) is 12.8 Å². The molecule has 1 saturated heterocycles. The number of aromatic nitrogens is 1. The lowest BCUT2D eigenvalue weighted by Crippen LogP contribution is -2.52. The molecule has 1 aromatic heterocycles. The molecule has 2 fully saturated rings. The molecule has 1 aliphatic heterocycles. The SMILES string of the molecule is CCOC(=O)[C@]1(Cc2cc(-c3cccc(F)c3)no2)CCCN(C(=O)[C@@H]2C[C@H]2C)C1. The quantitative estimate of drug-likeness (QED) is 0.672. The van der Waals surface area contributed by atoms with Crippen LogP contribution in [0.5, 0.6) is 0 Å². The van der Waals surface area contributed by atoms with E-state index in [0.29, 0.717) is 42.4 Å². The van der Waals surface area contributed by atoms with Gasteiger partial charge in [0.15, 0.2) is 0 Å². The molecule has 160 valence electrons. The van der Waals surface area contributed by atoms with Gasteiger partial charge in [0.05, 0.1) is 12.0 Å². The maximum absolute atomic E-state index is 13.5. The zero-order valence-corrected chi connectivity index (χ0v) is 17.4. The number of amides is 1. The van der Waals surface area contributed by atoms with Crippen molar-refractivity contribution in [2.75, 3.05) is 19.7 Å². The van der Waals surface area contributed by atoms with E-state index >= 15 is 0 Å². The summed E-state index contributed by atoms with van der Waals surface area (Å²) < 4.78 is 24.4. The number of nitrogens with zero attached hydrogens (tertiary/aromatic N) is 2. The number of hydrogen-bond acceptors (Lipinski definition) is 5. The van der Waals surface area contributed by atoms with Crippen LogP contribution >= 0.6 is 0 Å².